The van der Waals surface area contributed by atoms with Crippen molar-refractivity contribution in [3.05, 3.63) is 57.8 Å². The number of ether oxygens (including phenoxy) is 1. The molecule has 1 aliphatic heterocycles. The standard InChI is InChI=1S/C20H26N2O2S/c1-21(11-6-13-24-2)15-19(23)22-12-9-18-17(10-14-25-18)20(22)16-7-4-3-5-8-16/h3-5,7-8,10,14,20H,6,9,11-13,15H2,1-2H3. The third-order valence-corrected chi connectivity index (χ3v) is 5.69. The molecule has 1 amide bonds. The molecule has 0 radical (unpaired) electrons. The third-order valence-electron chi connectivity index (χ3n) is 4.70. The minimum absolute atomic E-state index is 0.0380. The van der Waals surface area contributed by atoms with Crippen LogP contribution >= 0.6 is 11.3 Å². The number of carbonyl (C=O) groups excluding carboxylic acids is 1. The number of methoxy groups -OCH3 is 1. The molecule has 0 saturated heterocycles. The number of rotatable bonds is 7. The van der Waals surface area contributed by atoms with Crippen LogP contribution in [-0.2, 0) is 16.0 Å². The first-order valence-corrected chi connectivity index (χ1v) is 9.67. The number of carbonyl (C=O) groups is 1. The van der Waals surface area contributed by atoms with E-state index in [-0.39, 0.29) is 11.9 Å². The van der Waals surface area contributed by atoms with Crippen molar-refractivity contribution < 1.29 is 9.53 Å². The lowest BCUT2D eigenvalue weighted by Crippen LogP contribution is -2.44. The molecule has 25 heavy (non-hydrogen) atoms. The van der Waals surface area contributed by atoms with Crippen LogP contribution in [0.15, 0.2) is 41.8 Å². The van der Waals surface area contributed by atoms with Crippen molar-refractivity contribution >= 4 is 17.2 Å². The molecule has 2 aromatic rings. The summed E-state index contributed by atoms with van der Waals surface area (Å²) in [5, 5.41) is 2.14. The Bertz CT molecular complexity index is 686. The summed E-state index contributed by atoms with van der Waals surface area (Å²) >= 11 is 1.80. The van der Waals surface area contributed by atoms with Gasteiger partial charge in [-0.15, -0.1) is 11.3 Å². The molecule has 0 spiro atoms. The fourth-order valence-corrected chi connectivity index (χ4v) is 4.36. The van der Waals surface area contributed by atoms with E-state index in [1.807, 2.05) is 13.1 Å². The molecule has 1 aliphatic rings. The molecule has 1 unspecified atom stereocenters. The number of amides is 1. The molecule has 1 aromatic carbocycles. The number of hydrogen-bond donors (Lipinski definition) is 0. The van der Waals surface area contributed by atoms with E-state index in [0.29, 0.717) is 6.54 Å². The van der Waals surface area contributed by atoms with Gasteiger partial charge in [0.2, 0.25) is 5.91 Å². The van der Waals surface area contributed by atoms with Gasteiger partial charge in [0, 0.05) is 31.7 Å². The zero-order valence-corrected chi connectivity index (χ0v) is 15.8. The molecule has 0 N–H and O–H groups in total. The highest BCUT2D eigenvalue weighted by Gasteiger charge is 2.32. The predicted molar refractivity (Wildman–Crippen MR) is 102 cm³/mol. The molecule has 0 fully saturated rings. The molecular weight excluding hydrogens is 332 g/mol. The van der Waals surface area contributed by atoms with Crippen LogP contribution in [0.5, 0.6) is 0 Å². The van der Waals surface area contributed by atoms with Crippen LogP contribution in [0.4, 0.5) is 0 Å². The average Bonchev–Trinajstić information content (AvgIpc) is 3.10. The lowest BCUT2D eigenvalue weighted by molar-refractivity contribution is -0.134. The summed E-state index contributed by atoms with van der Waals surface area (Å²) in [4.78, 5) is 18.6. The number of fused-ring (bicyclic) bond motifs is 1. The molecule has 3 rings (SSSR count). The molecule has 4 nitrogen and oxygen atoms in total. The minimum Gasteiger partial charge on any atom is -0.385 e. The van der Waals surface area contributed by atoms with Gasteiger partial charge in [0.25, 0.3) is 0 Å². The van der Waals surface area contributed by atoms with Crippen LogP contribution in [-0.4, -0.2) is 56.1 Å². The first kappa shape index (κ1) is 18.1. The van der Waals surface area contributed by atoms with E-state index in [2.05, 4.69) is 45.5 Å². The van der Waals surface area contributed by atoms with E-state index >= 15 is 0 Å². The summed E-state index contributed by atoms with van der Waals surface area (Å²) in [5.74, 6) is 0.200. The highest BCUT2D eigenvalue weighted by Crippen LogP contribution is 2.37. The maximum Gasteiger partial charge on any atom is 0.237 e. The Hall–Kier alpha value is -1.69. The smallest absolute Gasteiger partial charge is 0.237 e. The Kier molecular flexibility index (Phi) is 6.24. The zero-order valence-electron chi connectivity index (χ0n) is 15.0. The SMILES string of the molecule is COCCCN(C)CC(=O)N1CCc2sccc2C1c1ccccc1. The molecule has 5 heteroatoms. The van der Waals surface area contributed by atoms with Crippen molar-refractivity contribution in [3.8, 4) is 0 Å². The van der Waals surface area contributed by atoms with Gasteiger partial charge < -0.3 is 9.64 Å². The molecule has 2 heterocycles. The van der Waals surface area contributed by atoms with E-state index in [4.69, 9.17) is 4.74 Å². The van der Waals surface area contributed by atoms with Crippen LogP contribution in [0.25, 0.3) is 0 Å². The maximum atomic E-state index is 13.0. The molecular formula is C20H26N2O2S. The van der Waals surface area contributed by atoms with Gasteiger partial charge in [0.1, 0.15) is 0 Å². The van der Waals surface area contributed by atoms with Crippen LogP contribution in [0.2, 0.25) is 0 Å². The number of thiophene rings is 1. The molecule has 1 atom stereocenters. The minimum atomic E-state index is 0.0380. The van der Waals surface area contributed by atoms with Gasteiger partial charge in [-0.2, -0.15) is 0 Å². The second-order valence-corrected chi connectivity index (χ2v) is 7.53. The monoisotopic (exact) mass is 358 g/mol. The average molecular weight is 359 g/mol. The van der Waals surface area contributed by atoms with E-state index in [9.17, 15) is 4.79 Å². The summed E-state index contributed by atoms with van der Waals surface area (Å²) in [7, 11) is 3.72. The van der Waals surface area contributed by atoms with Crippen LogP contribution in [0.1, 0.15) is 28.5 Å². The van der Waals surface area contributed by atoms with Crippen LogP contribution < -0.4 is 0 Å². The molecule has 0 saturated carbocycles. The quantitative estimate of drug-likeness (QED) is 0.713. The van der Waals surface area contributed by atoms with E-state index in [1.165, 1.54) is 16.0 Å². The fourth-order valence-electron chi connectivity index (χ4n) is 3.46. The van der Waals surface area contributed by atoms with Crippen molar-refractivity contribution in [2.24, 2.45) is 0 Å². The lowest BCUT2D eigenvalue weighted by Gasteiger charge is -2.37. The Morgan fingerprint density at radius 3 is 2.88 bits per heavy atom. The highest BCUT2D eigenvalue weighted by atomic mass is 32.1. The van der Waals surface area contributed by atoms with Gasteiger partial charge in [-0.25, -0.2) is 0 Å². The summed E-state index contributed by atoms with van der Waals surface area (Å²) in [5.41, 5.74) is 2.48. The first-order chi connectivity index (χ1) is 12.2. The second kappa shape index (κ2) is 8.61. The first-order valence-electron chi connectivity index (χ1n) is 8.79. The van der Waals surface area contributed by atoms with Gasteiger partial charge in [-0.05, 0) is 42.5 Å². The highest BCUT2D eigenvalue weighted by molar-refractivity contribution is 7.10. The molecule has 134 valence electrons. The normalized spacial score (nSPS) is 16.9. The summed E-state index contributed by atoms with van der Waals surface area (Å²) < 4.78 is 5.10. The third kappa shape index (κ3) is 4.29. The Labute approximate surface area is 154 Å². The fraction of sp³-hybridized carbons (Fsp3) is 0.450. The van der Waals surface area contributed by atoms with Crippen molar-refractivity contribution in [1.82, 2.24) is 9.80 Å². The van der Waals surface area contributed by atoms with Gasteiger partial charge in [-0.1, -0.05) is 30.3 Å². The Morgan fingerprint density at radius 2 is 2.12 bits per heavy atom. The molecule has 0 bridgehead atoms. The molecule has 1 aromatic heterocycles. The maximum absolute atomic E-state index is 13.0. The number of likely N-dealkylation sites (N-methyl/N-ethyl adjacent to an activating group) is 1. The van der Waals surface area contributed by atoms with Crippen LogP contribution in [0.3, 0.4) is 0 Å². The summed E-state index contributed by atoms with van der Waals surface area (Å²) in [6, 6.07) is 12.6. The van der Waals surface area contributed by atoms with Crippen molar-refractivity contribution in [3.63, 3.8) is 0 Å². The number of hydrogen-bond acceptors (Lipinski definition) is 4. The Balaban J connectivity index is 1.76. The second-order valence-electron chi connectivity index (χ2n) is 6.53. The van der Waals surface area contributed by atoms with Crippen LogP contribution in [0, 0.1) is 0 Å². The number of nitrogens with zero attached hydrogens (tertiary/aromatic N) is 2. The van der Waals surface area contributed by atoms with E-state index < -0.39 is 0 Å². The zero-order chi connectivity index (χ0) is 17.6. The van der Waals surface area contributed by atoms with Gasteiger partial charge in [0.05, 0.1) is 12.6 Å². The van der Waals surface area contributed by atoms with Crippen molar-refractivity contribution in [1.29, 1.82) is 0 Å². The van der Waals surface area contributed by atoms with Gasteiger partial charge in [-0.3, -0.25) is 9.69 Å². The number of benzene rings is 1. The van der Waals surface area contributed by atoms with Gasteiger partial charge in [0.15, 0.2) is 0 Å². The Morgan fingerprint density at radius 1 is 1.32 bits per heavy atom. The summed E-state index contributed by atoms with van der Waals surface area (Å²) in [6.07, 6.45) is 1.90. The van der Waals surface area contributed by atoms with E-state index in [1.54, 1.807) is 18.4 Å². The van der Waals surface area contributed by atoms with Gasteiger partial charge >= 0.3 is 0 Å². The van der Waals surface area contributed by atoms with Crippen molar-refractivity contribution in [2.45, 2.75) is 18.9 Å². The summed E-state index contributed by atoms with van der Waals surface area (Å²) in [6.45, 7) is 2.84. The largest absolute Gasteiger partial charge is 0.385 e. The van der Waals surface area contributed by atoms with E-state index in [0.717, 1.165) is 32.5 Å². The molecule has 0 aliphatic carbocycles. The topological polar surface area (TPSA) is 32.8 Å². The predicted octanol–water partition coefficient (Wildman–Crippen LogP) is 3.19. The van der Waals surface area contributed by atoms with Crippen molar-refractivity contribution in [2.75, 3.05) is 40.4 Å². The lowest BCUT2D eigenvalue weighted by atomic mass is 9.93.